The Balaban J connectivity index is 1.83. The molecule has 0 radical (unpaired) electrons. The number of carbonyl (C=O) groups is 1. The fraction of sp³-hybridized carbons (Fsp3) is 0.533. The number of nitrogens with one attached hydrogen (secondary N) is 1. The van der Waals surface area contributed by atoms with Gasteiger partial charge in [-0.05, 0) is 37.3 Å². The minimum Gasteiger partial charge on any atom is -0.356 e. The van der Waals surface area contributed by atoms with E-state index in [9.17, 15) is 9.18 Å². The first-order chi connectivity index (χ1) is 9.56. The second-order valence-electron chi connectivity index (χ2n) is 5.31. The minimum absolute atomic E-state index is 0.00400. The van der Waals surface area contributed by atoms with E-state index in [2.05, 4.69) is 21.2 Å². The van der Waals surface area contributed by atoms with Gasteiger partial charge in [0.15, 0.2) is 0 Å². The highest BCUT2D eigenvalue weighted by molar-refractivity contribution is 9.09. The van der Waals surface area contributed by atoms with Crippen molar-refractivity contribution in [3.05, 3.63) is 34.6 Å². The predicted molar refractivity (Wildman–Crippen MR) is 82.8 cm³/mol. The molecule has 1 amide bonds. The van der Waals surface area contributed by atoms with E-state index in [4.69, 9.17) is 11.6 Å². The Morgan fingerprint density at radius 1 is 1.45 bits per heavy atom. The summed E-state index contributed by atoms with van der Waals surface area (Å²) in [5.41, 5.74) is 0.272. The Hall–Kier alpha value is -0.610. The third-order valence-electron chi connectivity index (χ3n) is 3.71. The van der Waals surface area contributed by atoms with Crippen molar-refractivity contribution in [3.8, 4) is 0 Å². The number of carbonyl (C=O) groups excluding carboxylic acids is 1. The number of amides is 1. The van der Waals surface area contributed by atoms with E-state index in [1.54, 1.807) is 6.07 Å². The zero-order valence-corrected chi connectivity index (χ0v) is 13.5. The molecule has 1 N–H and O–H groups in total. The summed E-state index contributed by atoms with van der Waals surface area (Å²) in [5, 5.41) is 3.19. The van der Waals surface area contributed by atoms with Gasteiger partial charge in [0.2, 0.25) is 5.91 Å². The molecular weight excluding hydrogens is 345 g/mol. The first-order valence-corrected chi connectivity index (χ1v) is 8.19. The van der Waals surface area contributed by atoms with Crippen molar-refractivity contribution in [2.24, 2.45) is 5.92 Å². The van der Waals surface area contributed by atoms with Gasteiger partial charge in [0.05, 0.1) is 6.42 Å². The summed E-state index contributed by atoms with van der Waals surface area (Å²) >= 11 is 9.54. The first kappa shape index (κ1) is 15.8. The number of halogens is 3. The maximum Gasteiger partial charge on any atom is 0.224 e. The van der Waals surface area contributed by atoms with E-state index in [0.717, 1.165) is 12.8 Å². The van der Waals surface area contributed by atoms with Gasteiger partial charge in [0.1, 0.15) is 5.82 Å². The van der Waals surface area contributed by atoms with Crippen LogP contribution < -0.4 is 5.32 Å². The number of hydrogen-bond donors (Lipinski definition) is 1. The van der Waals surface area contributed by atoms with Crippen LogP contribution in [0.15, 0.2) is 18.2 Å². The summed E-state index contributed by atoms with van der Waals surface area (Å²) in [5.74, 6) is -0.0901. The highest BCUT2D eigenvalue weighted by Gasteiger charge is 2.20. The van der Waals surface area contributed by atoms with Crippen LogP contribution in [-0.4, -0.2) is 17.3 Å². The molecule has 0 aliphatic heterocycles. The van der Waals surface area contributed by atoms with Crippen LogP contribution in [0.4, 0.5) is 4.39 Å². The van der Waals surface area contributed by atoms with Gasteiger partial charge in [0, 0.05) is 22.0 Å². The molecule has 0 saturated heterocycles. The van der Waals surface area contributed by atoms with E-state index in [-0.39, 0.29) is 17.9 Å². The van der Waals surface area contributed by atoms with Gasteiger partial charge in [-0.2, -0.15) is 0 Å². The molecule has 1 aliphatic carbocycles. The van der Waals surface area contributed by atoms with Gasteiger partial charge in [-0.25, -0.2) is 4.39 Å². The molecule has 1 fully saturated rings. The fourth-order valence-electron chi connectivity index (χ4n) is 2.59. The molecular formula is C15H18BrClFNO. The van der Waals surface area contributed by atoms with Gasteiger partial charge in [0.25, 0.3) is 0 Å². The third-order valence-corrected chi connectivity index (χ3v) is 4.89. The van der Waals surface area contributed by atoms with E-state index in [1.807, 2.05) is 0 Å². The normalized spacial score (nSPS) is 22.6. The SMILES string of the molecule is O=C(Cc1c(F)cccc1Cl)NCC1CCCC(Br)C1. The second kappa shape index (κ2) is 7.41. The summed E-state index contributed by atoms with van der Waals surface area (Å²) in [4.78, 5) is 12.4. The topological polar surface area (TPSA) is 29.1 Å². The second-order valence-corrected chi connectivity index (χ2v) is 7.01. The molecule has 1 aromatic carbocycles. The van der Waals surface area contributed by atoms with E-state index >= 15 is 0 Å². The standard InChI is InChI=1S/C15H18BrClFNO/c16-11-4-1-3-10(7-11)9-19-15(20)8-12-13(17)5-2-6-14(12)18/h2,5-6,10-11H,1,3-4,7-9H2,(H,19,20). The maximum absolute atomic E-state index is 13.6. The number of hydrogen-bond acceptors (Lipinski definition) is 1. The summed E-state index contributed by atoms with van der Waals surface area (Å²) in [6, 6.07) is 4.46. The van der Waals surface area contributed by atoms with Crippen molar-refractivity contribution in [1.82, 2.24) is 5.32 Å². The average Bonchev–Trinajstić information content (AvgIpc) is 2.41. The zero-order chi connectivity index (χ0) is 14.5. The van der Waals surface area contributed by atoms with Crippen LogP contribution in [0.1, 0.15) is 31.2 Å². The largest absolute Gasteiger partial charge is 0.356 e. The highest BCUT2D eigenvalue weighted by Crippen LogP contribution is 2.28. The van der Waals surface area contributed by atoms with Crippen LogP contribution in [0, 0.1) is 11.7 Å². The van der Waals surface area contributed by atoms with Crippen LogP contribution in [-0.2, 0) is 11.2 Å². The molecule has 2 atom stereocenters. The number of benzene rings is 1. The van der Waals surface area contributed by atoms with E-state index < -0.39 is 5.82 Å². The number of alkyl halides is 1. The lowest BCUT2D eigenvalue weighted by atomic mass is 9.89. The van der Waals surface area contributed by atoms with Crippen molar-refractivity contribution < 1.29 is 9.18 Å². The van der Waals surface area contributed by atoms with Gasteiger partial charge in [-0.3, -0.25) is 4.79 Å². The lowest BCUT2D eigenvalue weighted by molar-refractivity contribution is -0.120. The fourth-order valence-corrected chi connectivity index (χ4v) is 3.68. The van der Waals surface area contributed by atoms with Crippen molar-refractivity contribution in [1.29, 1.82) is 0 Å². The molecule has 1 aromatic rings. The molecule has 2 unspecified atom stereocenters. The van der Waals surface area contributed by atoms with Gasteiger partial charge in [-0.15, -0.1) is 0 Å². The molecule has 110 valence electrons. The van der Waals surface area contributed by atoms with Crippen molar-refractivity contribution >= 4 is 33.4 Å². The smallest absolute Gasteiger partial charge is 0.224 e. The Bertz CT molecular complexity index is 463. The number of rotatable bonds is 4. The molecule has 20 heavy (non-hydrogen) atoms. The summed E-state index contributed by atoms with van der Waals surface area (Å²) in [6.07, 6.45) is 4.62. The van der Waals surface area contributed by atoms with E-state index in [1.165, 1.54) is 25.0 Å². The quantitative estimate of drug-likeness (QED) is 0.803. The molecule has 1 saturated carbocycles. The highest BCUT2D eigenvalue weighted by atomic mass is 79.9. The van der Waals surface area contributed by atoms with Crippen LogP contribution >= 0.6 is 27.5 Å². The molecule has 2 rings (SSSR count). The van der Waals surface area contributed by atoms with Crippen LogP contribution in [0.3, 0.4) is 0 Å². The molecule has 1 aliphatic rings. The molecule has 5 heteroatoms. The van der Waals surface area contributed by atoms with Crippen LogP contribution in [0.2, 0.25) is 5.02 Å². The third kappa shape index (κ3) is 4.45. The monoisotopic (exact) mass is 361 g/mol. The van der Waals surface area contributed by atoms with Gasteiger partial charge in [-0.1, -0.05) is 40.0 Å². The zero-order valence-electron chi connectivity index (χ0n) is 11.2. The lowest BCUT2D eigenvalue weighted by Gasteiger charge is -2.25. The predicted octanol–water partition coefficient (Wildman–Crippen LogP) is 4.09. The van der Waals surface area contributed by atoms with Gasteiger partial charge >= 0.3 is 0 Å². The first-order valence-electron chi connectivity index (χ1n) is 6.90. The molecule has 0 aromatic heterocycles. The van der Waals surface area contributed by atoms with E-state index in [0.29, 0.717) is 22.3 Å². The van der Waals surface area contributed by atoms with Crippen molar-refractivity contribution in [3.63, 3.8) is 0 Å². The summed E-state index contributed by atoms with van der Waals surface area (Å²) < 4.78 is 13.6. The Labute approximate surface area is 132 Å². The molecule has 0 spiro atoms. The lowest BCUT2D eigenvalue weighted by Crippen LogP contribution is -2.33. The Morgan fingerprint density at radius 2 is 2.25 bits per heavy atom. The van der Waals surface area contributed by atoms with Crippen LogP contribution in [0.5, 0.6) is 0 Å². The average molecular weight is 363 g/mol. The Morgan fingerprint density at radius 3 is 2.95 bits per heavy atom. The molecule has 2 nitrogen and oxygen atoms in total. The van der Waals surface area contributed by atoms with Crippen LogP contribution in [0.25, 0.3) is 0 Å². The molecule has 0 heterocycles. The van der Waals surface area contributed by atoms with Gasteiger partial charge < -0.3 is 5.32 Å². The maximum atomic E-state index is 13.6. The van der Waals surface area contributed by atoms with Crippen molar-refractivity contribution in [2.75, 3.05) is 6.54 Å². The summed E-state index contributed by atoms with van der Waals surface area (Å²) in [7, 11) is 0. The summed E-state index contributed by atoms with van der Waals surface area (Å²) in [6.45, 7) is 0.660. The Kier molecular flexibility index (Phi) is 5.85. The minimum atomic E-state index is -0.425. The molecule has 0 bridgehead atoms. The van der Waals surface area contributed by atoms with Crippen molar-refractivity contribution in [2.45, 2.75) is 36.9 Å².